The highest BCUT2D eigenvalue weighted by atomic mass is 32.1. The molecule has 6 aromatic rings. The second kappa shape index (κ2) is 18.9. The molecule has 12 nitrogen and oxygen atoms in total. The standard InChI is InChI=1S/C40H43N5O7S2.2FH/c1-45(27-12-14-28(15-13-27)51-40(39(49)50,33-5-3-21-53-33)34-6-4-22-54-34)20-2-7-36-43-38(44-52-36)26-10-8-25(9-11-26)23-41-24-32(47)29-16-18-31(46)37-30(29)17-19-35(48)42-37;;/h3-6,8-11,16-19,21-22,27-28,32,41,46-47H,2,7,12-15,20,23-24H2,1H3,(H,42,48)(H,49,50);2*1H/t27-,28-,32-;;/m0../s1. The van der Waals surface area contributed by atoms with E-state index in [1.54, 1.807) is 12.1 Å². The number of aromatic nitrogens is 3. The van der Waals surface area contributed by atoms with E-state index in [1.165, 1.54) is 34.8 Å². The number of aliphatic hydroxyl groups excluding tert-OH is 1. The number of hydrogen-bond donors (Lipinski definition) is 5. The van der Waals surface area contributed by atoms with Crippen LogP contribution in [0, 0.1) is 0 Å². The van der Waals surface area contributed by atoms with Crippen molar-refractivity contribution in [1.82, 2.24) is 25.3 Å². The van der Waals surface area contributed by atoms with E-state index in [0.29, 0.717) is 56.9 Å². The van der Waals surface area contributed by atoms with E-state index in [2.05, 4.69) is 32.4 Å². The van der Waals surface area contributed by atoms with E-state index >= 15 is 0 Å². The van der Waals surface area contributed by atoms with Gasteiger partial charge in [-0.15, -0.1) is 22.7 Å². The number of aromatic amines is 1. The summed E-state index contributed by atoms with van der Waals surface area (Å²) in [4.78, 5) is 35.5. The number of carboxylic acid groups (broad SMARTS) is 1. The lowest BCUT2D eigenvalue weighted by atomic mass is 9.90. The molecule has 1 aliphatic rings. The molecule has 0 amide bonds. The van der Waals surface area contributed by atoms with Crippen molar-refractivity contribution in [3.05, 3.63) is 121 Å². The minimum absolute atomic E-state index is 0. The van der Waals surface area contributed by atoms with Crippen LogP contribution in [0.3, 0.4) is 0 Å². The summed E-state index contributed by atoms with van der Waals surface area (Å²) in [6.07, 6.45) is 4.00. The number of thiophene rings is 2. The molecule has 7 rings (SSSR count). The minimum Gasteiger partial charge on any atom is -0.506 e. The van der Waals surface area contributed by atoms with Crippen LogP contribution in [0.25, 0.3) is 22.3 Å². The Morgan fingerprint density at radius 3 is 2.36 bits per heavy atom. The first-order chi connectivity index (χ1) is 26.2. The number of carbonyl (C=O) groups is 1. The summed E-state index contributed by atoms with van der Waals surface area (Å²) in [7, 11) is 2.14. The summed E-state index contributed by atoms with van der Waals surface area (Å²) in [5.41, 5.74) is 0.983. The molecule has 4 aromatic heterocycles. The molecule has 56 heavy (non-hydrogen) atoms. The molecule has 298 valence electrons. The van der Waals surface area contributed by atoms with Crippen LogP contribution in [0.2, 0.25) is 0 Å². The van der Waals surface area contributed by atoms with E-state index in [-0.39, 0.29) is 33.4 Å². The van der Waals surface area contributed by atoms with Gasteiger partial charge in [-0.2, -0.15) is 4.98 Å². The third kappa shape index (κ3) is 9.23. The Hall–Kier alpha value is -4.84. The third-order valence-electron chi connectivity index (χ3n) is 10.2. The number of phenolic OH excluding ortho intramolecular Hbond substituents is 1. The van der Waals surface area contributed by atoms with Gasteiger partial charge in [0, 0.05) is 42.6 Å². The molecule has 0 saturated heterocycles. The summed E-state index contributed by atoms with van der Waals surface area (Å²) in [5, 5.41) is 43.3. The Balaban J connectivity index is 0.00000300. The minimum atomic E-state index is -1.48. The smallest absolute Gasteiger partial charge is 0.347 e. The average molecular weight is 810 g/mol. The number of hydrogen-bond acceptors (Lipinski definition) is 12. The van der Waals surface area contributed by atoms with E-state index in [0.717, 1.165) is 49.8 Å². The van der Waals surface area contributed by atoms with Gasteiger partial charge in [0.2, 0.25) is 22.9 Å². The first-order valence-electron chi connectivity index (χ1n) is 18.1. The molecule has 0 aliphatic heterocycles. The number of H-pyrrole nitrogens is 1. The number of phenols is 1. The number of aryl methyl sites for hydroxylation is 1. The quantitative estimate of drug-likeness (QED) is 0.0700. The summed E-state index contributed by atoms with van der Waals surface area (Å²) < 4.78 is 12.1. The summed E-state index contributed by atoms with van der Waals surface area (Å²) in [6.45, 7) is 1.67. The molecule has 16 heteroatoms. The van der Waals surface area contributed by atoms with Gasteiger partial charge in [-0.05, 0) is 91.8 Å². The fourth-order valence-corrected chi connectivity index (χ4v) is 9.04. The number of benzene rings is 2. The molecule has 4 heterocycles. The molecular formula is C40H45F2N5O7S2. The molecule has 1 fully saturated rings. The van der Waals surface area contributed by atoms with Crippen molar-refractivity contribution >= 4 is 39.5 Å². The van der Waals surface area contributed by atoms with Crippen molar-refractivity contribution in [2.24, 2.45) is 0 Å². The first-order valence-corrected chi connectivity index (χ1v) is 19.8. The zero-order valence-corrected chi connectivity index (χ0v) is 32.3. The molecule has 1 saturated carbocycles. The van der Waals surface area contributed by atoms with Crippen molar-refractivity contribution in [2.75, 3.05) is 20.1 Å². The first kappa shape index (κ1) is 42.3. The van der Waals surface area contributed by atoms with Crippen LogP contribution in [0.4, 0.5) is 9.41 Å². The Morgan fingerprint density at radius 1 is 1.02 bits per heavy atom. The van der Waals surface area contributed by atoms with E-state index < -0.39 is 17.7 Å². The molecule has 0 unspecified atom stereocenters. The zero-order chi connectivity index (χ0) is 37.7. The molecule has 2 aromatic carbocycles. The number of pyridine rings is 1. The number of fused-ring (bicyclic) bond motifs is 1. The summed E-state index contributed by atoms with van der Waals surface area (Å²) in [5.74, 6) is 0.106. The lowest BCUT2D eigenvalue weighted by Crippen LogP contribution is -2.44. The van der Waals surface area contributed by atoms with Crippen LogP contribution < -0.4 is 10.9 Å². The number of nitrogens with zero attached hydrogens (tertiary/aromatic N) is 3. The Labute approximate surface area is 329 Å². The van der Waals surface area contributed by atoms with Crippen LogP contribution in [-0.4, -0.2) is 73.6 Å². The van der Waals surface area contributed by atoms with Crippen LogP contribution in [0.1, 0.15) is 65.0 Å². The number of carboxylic acids is 1. The second-order valence-corrected chi connectivity index (χ2v) is 15.6. The van der Waals surface area contributed by atoms with Crippen LogP contribution in [-0.2, 0) is 28.1 Å². The Morgan fingerprint density at radius 2 is 1.71 bits per heavy atom. The highest BCUT2D eigenvalue weighted by Gasteiger charge is 2.48. The van der Waals surface area contributed by atoms with Gasteiger partial charge in [-0.1, -0.05) is 47.6 Å². The van der Waals surface area contributed by atoms with Gasteiger partial charge < -0.3 is 39.8 Å². The number of aliphatic hydroxyl groups is 1. The molecular weight excluding hydrogens is 765 g/mol. The Bertz CT molecular complexity index is 2170. The topological polar surface area (TPSA) is 174 Å². The molecule has 0 spiro atoms. The normalized spacial score (nSPS) is 16.3. The van der Waals surface area contributed by atoms with Gasteiger partial charge >= 0.3 is 5.97 Å². The summed E-state index contributed by atoms with van der Waals surface area (Å²) >= 11 is 2.83. The maximum absolute atomic E-state index is 12.8. The van der Waals surface area contributed by atoms with E-state index in [9.17, 15) is 24.9 Å². The van der Waals surface area contributed by atoms with Crippen molar-refractivity contribution in [1.29, 1.82) is 0 Å². The van der Waals surface area contributed by atoms with E-state index in [4.69, 9.17) is 9.26 Å². The molecule has 1 atom stereocenters. The number of nitrogens with one attached hydrogen (secondary N) is 2. The lowest BCUT2D eigenvalue weighted by molar-refractivity contribution is -0.170. The maximum atomic E-state index is 12.8. The fraction of sp³-hybridized carbons (Fsp3) is 0.350. The van der Waals surface area contributed by atoms with Gasteiger partial charge in [0.25, 0.3) is 0 Å². The largest absolute Gasteiger partial charge is 0.506 e. The van der Waals surface area contributed by atoms with E-state index in [1.807, 2.05) is 59.3 Å². The van der Waals surface area contributed by atoms with Gasteiger partial charge in [0.05, 0.1) is 27.5 Å². The van der Waals surface area contributed by atoms with Crippen LogP contribution in [0.5, 0.6) is 5.75 Å². The van der Waals surface area contributed by atoms with Gasteiger partial charge in [0.1, 0.15) is 5.75 Å². The second-order valence-electron chi connectivity index (χ2n) is 13.7. The molecule has 0 radical (unpaired) electrons. The predicted molar refractivity (Wildman–Crippen MR) is 213 cm³/mol. The third-order valence-corrected chi connectivity index (χ3v) is 12.1. The zero-order valence-electron chi connectivity index (χ0n) is 30.6. The highest BCUT2D eigenvalue weighted by molar-refractivity contribution is 7.12. The van der Waals surface area contributed by atoms with Gasteiger partial charge in [-0.25, -0.2) is 4.79 Å². The van der Waals surface area contributed by atoms with Gasteiger partial charge in [-0.3, -0.25) is 14.2 Å². The monoisotopic (exact) mass is 809 g/mol. The lowest BCUT2D eigenvalue weighted by Gasteiger charge is -2.38. The predicted octanol–water partition coefficient (Wildman–Crippen LogP) is 6.76. The van der Waals surface area contributed by atoms with Crippen LogP contribution >= 0.6 is 22.7 Å². The Kier molecular flexibility index (Phi) is 14.3. The number of aromatic hydroxyl groups is 1. The van der Waals surface area contributed by atoms with Crippen LogP contribution in [0.15, 0.2) is 92.9 Å². The van der Waals surface area contributed by atoms with Crippen molar-refractivity contribution < 1.29 is 38.8 Å². The van der Waals surface area contributed by atoms with Crippen molar-refractivity contribution in [3.8, 4) is 17.1 Å². The fourth-order valence-electron chi connectivity index (χ4n) is 7.23. The number of ether oxygens (including phenoxy) is 1. The number of halogens is 2. The molecule has 1 aliphatic carbocycles. The van der Waals surface area contributed by atoms with Gasteiger partial charge in [0.15, 0.2) is 0 Å². The molecule has 5 N–H and O–H groups in total. The summed E-state index contributed by atoms with van der Waals surface area (Å²) in [6, 6.07) is 21.8. The maximum Gasteiger partial charge on any atom is 0.347 e. The molecule has 0 bridgehead atoms. The highest BCUT2D eigenvalue weighted by Crippen LogP contribution is 2.42. The number of aliphatic carboxylic acids is 1. The SMILES string of the molecule is CN(CCCc1nc(-c2ccc(CNC[C@H](O)c3ccc(O)c4[nH]c(=O)ccc34)cc2)no1)[C@H]1CC[C@H](OC(C(=O)O)(c2cccs2)c2cccs2)CC1.F.F. The number of rotatable bonds is 16. The van der Waals surface area contributed by atoms with Crippen molar-refractivity contribution in [3.63, 3.8) is 0 Å². The average Bonchev–Trinajstić information content (AvgIpc) is 4.00. The van der Waals surface area contributed by atoms with Crippen molar-refractivity contribution in [2.45, 2.75) is 68.9 Å².